The molecule has 6 rings (SSSR count). The van der Waals surface area contributed by atoms with Crippen molar-refractivity contribution in [2.75, 3.05) is 27.4 Å². The lowest BCUT2D eigenvalue weighted by Gasteiger charge is -2.19. The number of fused-ring (bicyclic) bond motifs is 2. The maximum atomic E-state index is 14.1. The lowest BCUT2D eigenvalue weighted by molar-refractivity contribution is 0.0940. The Morgan fingerprint density at radius 3 is 1.38 bits per heavy atom. The first kappa shape index (κ1) is 43.6. The zero-order valence-electron chi connectivity index (χ0n) is 33.3. The number of amides is 2. The molecule has 6 aromatic rings. The normalized spacial score (nSPS) is 12.3. The molecule has 19 heteroatoms. The topological polar surface area (TPSA) is 173 Å². The molecule has 2 N–H and O–H groups in total. The van der Waals surface area contributed by atoms with E-state index in [2.05, 4.69) is 10.6 Å². The highest BCUT2D eigenvalue weighted by atomic mass is 19.1. The molecular weight excluding hydrogens is 808 g/mol. The van der Waals surface area contributed by atoms with E-state index in [1.54, 1.807) is 13.8 Å². The number of pyridine rings is 2. The molecule has 0 aliphatic rings. The third-order valence-corrected chi connectivity index (χ3v) is 10.2. The van der Waals surface area contributed by atoms with Gasteiger partial charge in [-0.05, 0) is 38.8 Å². The van der Waals surface area contributed by atoms with E-state index in [0.29, 0.717) is 25.0 Å². The summed E-state index contributed by atoms with van der Waals surface area (Å²) in [4.78, 5) is 79.8. The largest absolute Gasteiger partial charge is 0.491 e. The number of aromatic nitrogens is 4. The van der Waals surface area contributed by atoms with Crippen LogP contribution in [0, 0.1) is 23.3 Å². The Morgan fingerprint density at radius 2 is 1.02 bits per heavy atom. The second-order valence-electron chi connectivity index (χ2n) is 14.1. The van der Waals surface area contributed by atoms with E-state index < -0.39 is 69.1 Å². The third-order valence-electron chi connectivity index (χ3n) is 10.2. The maximum absolute atomic E-state index is 14.1. The zero-order chi connectivity index (χ0) is 44.1. The van der Waals surface area contributed by atoms with Gasteiger partial charge in [0.05, 0.1) is 14.2 Å². The highest BCUT2D eigenvalue weighted by Gasteiger charge is 2.23. The summed E-state index contributed by atoms with van der Waals surface area (Å²) in [6.45, 7) is 3.31. The van der Waals surface area contributed by atoms with E-state index in [1.165, 1.54) is 81.5 Å². The van der Waals surface area contributed by atoms with Crippen molar-refractivity contribution >= 4 is 22.8 Å². The summed E-state index contributed by atoms with van der Waals surface area (Å²) < 4.78 is 76.5. The number of carbonyl (C=O) groups is 2. The van der Waals surface area contributed by atoms with Crippen LogP contribution in [0.3, 0.4) is 0 Å². The van der Waals surface area contributed by atoms with Crippen LogP contribution < -0.4 is 42.1 Å². The second kappa shape index (κ2) is 18.5. The fraction of sp³-hybridized carbons (Fsp3) is 0.286. The number of nitrogens with one attached hydrogen (secondary N) is 2. The number of nitrogens with zero attached hydrogens (tertiary/aromatic N) is 4. The molecule has 4 aromatic heterocycles. The van der Waals surface area contributed by atoms with Crippen molar-refractivity contribution in [2.45, 2.75) is 51.9 Å². The average molecular weight is 849 g/mol. The van der Waals surface area contributed by atoms with E-state index >= 15 is 0 Å². The minimum absolute atomic E-state index is 0.00203. The van der Waals surface area contributed by atoms with Gasteiger partial charge in [0.25, 0.3) is 22.9 Å². The minimum Gasteiger partial charge on any atom is -0.491 e. The van der Waals surface area contributed by atoms with Crippen LogP contribution in [0.5, 0.6) is 11.5 Å². The quantitative estimate of drug-likeness (QED) is 0.107. The van der Waals surface area contributed by atoms with Crippen LogP contribution in [0.2, 0.25) is 0 Å². The first-order chi connectivity index (χ1) is 29.1. The molecule has 61 heavy (non-hydrogen) atoms. The molecule has 2 atom stereocenters. The molecule has 0 fully saturated rings. The summed E-state index contributed by atoms with van der Waals surface area (Å²) in [5.74, 6) is -5.75. The molecule has 0 spiro atoms. The number of halogens is 4. The molecule has 2 aromatic carbocycles. The lowest BCUT2D eigenvalue weighted by Crippen LogP contribution is -2.32. The van der Waals surface area contributed by atoms with Crippen molar-refractivity contribution in [1.29, 1.82) is 0 Å². The van der Waals surface area contributed by atoms with E-state index in [1.807, 2.05) is 0 Å². The number of methoxy groups -OCH3 is 2. The smallest absolute Gasteiger partial charge is 0.279 e. The number of ether oxygens (including phenoxy) is 3. The summed E-state index contributed by atoms with van der Waals surface area (Å²) in [5, 5.41) is 4.86. The lowest BCUT2D eigenvalue weighted by atomic mass is 10.1. The van der Waals surface area contributed by atoms with Gasteiger partial charge in [0.1, 0.15) is 34.4 Å². The Hall–Kier alpha value is -7.02. The first-order valence-electron chi connectivity index (χ1n) is 18.8. The van der Waals surface area contributed by atoms with Crippen molar-refractivity contribution < 1.29 is 41.4 Å². The monoisotopic (exact) mass is 848 g/mol. The number of rotatable bonds is 16. The molecule has 0 aliphatic carbocycles. The Morgan fingerprint density at radius 1 is 0.623 bits per heavy atom. The SMILES string of the molecule is COc1c(=O)c(C(=O)NCc2ccc(F)cc2F)cn2ccn([C@H](C)CCOCC[C@@H](C)n3ccn4cc(C(=O)NCc5ccc(F)cc5F)c(=O)c(OC)c4c3=O)c(=O)c12. The summed E-state index contributed by atoms with van der Waals surface area (Å²) in [5.41, 5.74) is -3.82. The summed E-state index contributed by atoms with van der Waals surface area (Å²) >= 11 is 0. The summed E-state index contributed by atoms with van der Waals surface area (Å²) in [6.07, 6.45) is 9.00. The molecule has 0 bridgehead atoms. The van der Waals surface area contributed by atoms with Crippen molar-refractivity contribution in [3.05, 3.63) is 160 Å². The summed E-state index contributed by atoms with van der Waals surface area (Å²) in [6, 6.07) is 4.91. The third kappa shape index (κ3) is 9.10. The van der Waals surface area contributed by atoms with Gasteiger partial charge in [-0.2, -0.15) is 0 Å². The van der Waals surface area contributed by atoms with E-state index in [-0.39, 0.29) is 71.1 Å². The number of benzene rings is 2. The predicted molar refractivity (Wildman–Crippen MR) is 213 cm³/mol. The highest BCUT2D eigenvalue weighted by molar-refractivity contribution is 5.95. The van der Waals surface area contributed by atoms with Crippen molar-refractivity contribution in [3.63, 3.8) is 0 Å². The Balaban J connectivity index is 1.08. The molecule has 0 aliphatic heterocycles. The van der Waals surface area contributed by atoms with E-state index in [4.69, 9.17) is 14.2 Å². The number of hydrogen-bond donors (Lipinski definition) is 2. The number of carbonyl (C=O) groups excluding carboxylic acids is 2. The van der Waals surface area contributed by atoms with Gasteiger partial charge in [-0.15, -0.1) is 0 Å². The van der Waals surface area contributed by atoms with Gasteiger partial charge >= 0.3 is 0 Å². The molecule has 0 saturated carbocycles. The van der Waals surface area contributed by atoms with Crippen LogP contribution in [0.4, 0.5) is 17.6 Å². The van der Waals surface area contributed by atoms with Crippen molar-refractivity contribution in [1.82, 2.24) is 28.6 Å². The maximum Gasteiger partial charge on any atom is 0.279 e. The van der Waals surface area contributed by atoms with E-state index in [0.717, 1.165) is 12.1 Å². The molecule has 0 unspecified atom stereocenters. The van der Waals surface area contributed by atoms with Crippen molar-refractivity contribution in [2.24, 2.45) is 0 Å². The van der Waals surface area contributed by atoms with Crippen LogP contribution >= 0.6 is 0 Å². The van der Waals surface area contributed by atoms with Crippen LogP contribution in [0.15, 0.2) is 92.8 Å². The molecule has 0 saturated heterocycles. The van der Waals surface area contributed by atoms with Gasteiger partial charge in [-0.25, -0.2) is 17.6 Å². The molecular formula is C42H40F4N6O9. The van der Waals surface area contributed by atoms with Gasteiger partial charge in [0.2, 0.25) is 10.9 Å². The van der Waals surface area contributed by atoms with Gasteiger partial charge < -0.3 is 42.8 Å². The Bertz CT molecular complexity index is 2710. The van der Waals surface area contributed by atoms with E-state index in [9.17, 15) is 46.3 Å². The average Bonchev–Trinajstić information content (AvgIpc) is 3.22. The van der Waals surface area contributed by atoms with Gasteiger partial charge in [0.15, 0.2) is 22.5 Å². The highest BCUT2D eigenvalue weighted by Crippen LogP contribution is 2.19. The van der Waals surface area contributed by atoms with Crippen LogP contribution in [-0.2, 0) is 17.8 Å². The van der Waals surface area contributed by atoms with Gasteiger partial charge in [-0.3, -0.25) is 28.8 Å². The predicted octanol–water partition coefficient (Wildman–Crippen LogP) is 4.29. The fourth-order valence-corrected chi connectivity index (χ4v) is 6.69. The second-order valence-corrected chi connectivity index (χ2v) is 14.1. The molecule has 320 valence electrons. The first-order valence-corrected chi connectivity index (χ1v) is 18.8. The van der Waals surface area contributed by atoms with Gasteiger partial charge in [-0.1, -0.05) is 12.1 Å². The van der Waals surface area contributed by atoms with Gasteiger partial charge in [0, 0.05) is 98.8 Å². The molecule has 4 heterocycles. The summed E-state index contributed by atoms with van der Waals surface area (Å²) in [7, 11) is 2.37. The van der Waals surface area contributed by atoms with Crippen LogP contribution in [0.25, 0.3) is 11.0 Å². The van der Waals surface area contributed by atoms with Crippen molar-refractivity contribution in [3.8, 4) is 11.5 Å². The Kier molecular flexibility index (Phi) is 13.2. The standard InChI is InChI=1S/C42H40F4N6O9/c1-23(51-13-11-49-21-29(35(53)37(59-3)33(49)41(51)57)39(55)47-19-25-5-7-27(43)17-31(25)45)9-15-61-16-10-24(2)52-14-12-50-22-30(36(54)38(60-4)34(50)42(52)58)40(56)48-20-26-6-8-28(44)18-32(26)46/h5-8,11-14,17-18,21-24H,9-10,15-16,19-20H2,1-4H3,(H,47,55)(H,48,56)/t23-,24-/m1/s1. The Labute approximate surface area is 343 Å². The minimum atomic E-state index is -0.868. The molecule has 15 nitrogen and oxygen atoms in total. The fourth-order valence-electron chi connectivity index (χ4n) is 6.69. The number of hydrogen-bond acceptors (Lipinski definition) is 9. The molecule has 0 radical (unpaired) electrons. The zero-order valence-corrected chi connectivity index (χ0v) is 33.3. The van der Waals surface area contributed by atoms with Crippen LogP contribution in [0.1, 0.15) is 70.6 Å². The molecule has 2 amide bonds. The van der Waals surface area contributed by atoms with Crippen LogP contribution in [-0.4, -0.2) is 57.2 Å².